The zero-order valence-corrected chi connectivity index (χ0v) is 10.8. The van der Waals surface area contributed by atoms with Crippen LogP contribution in [0.25, 0.3) is 0 Å². The van der Waals surface area contributed by atoms with Crippen LogP contribution in [0, 0.1) is 0 Å². The first-order chi connectivity index (χ1) is 9.15. The molecule has 0 radical (unpaired) electrons. The lowest BCUT2D eigenvalue weighted by molar-refractivity contribution is 0.174. The third kappa shape index (κ3) is 4.03. The van der Waals surface area contributed by atoms with E-state index in [0.29, 0.717) is 13.0 Å². The number of carbonyl (C=O) groups excluding carboxylic acids is 1. The molecule has 104 valence electrons. The third-order valence-corrected chi connectivity index (χ3v) is 2.69. The van der Waals surface area contributed by atoms with E-state index in [1.54, 1.807) is 6.92 Å². The highest BCUT2D eigenvalue weighted by Crippen LogP contribution is 2.32. The number of rotatable bonds is 5. The Morgan fingerprint density at radius 3 is 2.95 bits per heavy atom. The smallest absolute Gasteiger partial charge is 0.314 e. The zero-order chi connectivity index (χ0) is 13.7. The molecule has 2 rings (SSSR count). The molecule has 0 spiro atoms. The first-order valence-corrected chi connectivity index (χ1v) is 6.23. The summed E-state index contributed by atoms with van der Waals surface area (Å²) in [5.74, 6) is 1.50. The number of carbonyl (C=O) groups is 1. The first-order valence-electron chi connectivity index (χ1n) is 6.23. The van der Waals surface area contributed by atoms with Crippen LogP contribution in [-0.4, -0.2) is 37.1 Å². The van der Waals surface area contributed by atoms with Crippen molar-refractivity contribution in [2.24, 2.45) is 0 Å². The van der Waals surface area contributed by atoms with Crippen LogP contribution in [0.4, 0.5) is 4.79 Å². The number of nitrogens with one attached hydrogen (secondary N) is 2. The van der Waals surface area contributed by atoms with Gasteiger partial charge in [0.1, 0.15) is 0 Å². The Bertz CT molecular complexity index is 448. The molecule has 3 N–H and O–H groups in total. The number of hydrogen-bond donors (Lipinski definition) is 3. The summed E-state index contributed by atoms with van der Waals surface area (Å²) in [6.45, 7) is 2.65. The minimum Gasteiger partial charge on any atom is -0.454 e. The predicted octanol–water partition coefficient (Wildman–Crippen LogP) is 0.638. The molecule has 1 aliphatic heterocycles. The van der Waals surface area contributed by atoms with Crippen molar-refractivity contribution in [3.63, 3.8) is 0 Å². The van der Waals surface area contributed by atoms with Crippen LogP contribution in [0.1, 0.15) is 12.5 Å². The number of benzene rings is 1. The van der Waals surface area contributed by atoms with Crippen LogP contribution in [0.15, 0.2) is 18.2 Å². The maximum Gasteiger partial charge on any atom is 0.314 e. The summed E-state index contributed by atoms with van der Waals surface area (Å²) in [5, 5.41) is 14.3. The Kier molecular flexibility index (Phi) is 4.46. The second-order valence-electron chi connectivity index (χ2n) is 4.42. The van der Waals surface area contributed by atoms with Crippen molar-refractivity contribution in [1.29, 1.82) is 0 Å². The third-order valence-electron chi connectivity index (χ3n) is 2.69. The molecule has 0 aromatic heterocycles. The van der Waals surface area contributed by atoms with Gasteiger partial charge in [-0.2, -0.15) is 0 Å². The first kappa shape index (κ1) is 13.5. The number of aliphatic hydroxyl groups is 1. The van der Waals surface area contributed by atoms with Crippen molar-refractivity contribution in [3.05, 3.63) is 23.8 Å². The van der Waals surface area contributed by atoms with E-state index in [1.807, 2.05) is 18.2 Å². The highest BCUT2D eigenvalue weighted by Gasteiger charge is 2.13. The highest BCUT2D eigenvalue weighted by atomic mass is 16.7. The molecule has 0 saturated carbocycles. The van der Waals surface area contributed by atoms with E-state index in [4.69, 9.17) is 14.6 Å². The van der Waals surface area contributed by atoms with Gasteiger partial charge in [-0.15, -0.1) is 0 Å². The molecule has 1 aromatic rings. The highest BCUT2D eigenvalue weighted by molar-refractivity contribution is 5.73. The summed E-state index contributed by atoms with van der Waals surface area (Å²) < 4.78 is 10.5. The molecule has 1 atom stereocenters. The number of aliphatic hydroxyl groups excluding tert-OH is 1. The number of amides is 2. The van der Waals surface area contributed by atoms with Gasteiger partial charge in [0, 0.05) is 13.1 Å². The van der Waals surface area contributed by atoms with Gasteiger partial charge in [0.2, 0.25) is 6.79 Å². The van der Waals surface area contributed by atoms with Crippen LogP contribution in [0.5, 0.6) is 11.5 Å². The van der Waals surface area contributed by atoms with Gasteiger partial charge in [0.15, 0.2) is 11.5 Å². The van der Waals surface area contributed by atoms with Crippen LogP contribution in [0.3, 0.4) is 0 Å². The molecule has 1 heterocycles. The molecule has 19 heavy (non-hydrogen) atoms. The summed E-state index contributed by atoms with van der Waals surface area (Å²) in [7, 11) is 0. The number of ether oxygens (including phenoxy) is 2. The minimum atomic E-state index is -0.542. The SMILES string of the molecule is C[C@H](O)CNC(=O)NCCc1ccc2c(c1)OCO2. The van der Waals surface area contributed by atoms with E-state index in [9.17, 15) is 4.79 Å². The van der Waals surface area contributed by atoms with E-state index < -0.39 is 6.10 Å². The fourth-order valence-electron chi connectivity index (χ4n) is 1.72. The summed E-state index contributed by atoms with van der Waals surface area (Å²) in [4.78, 5) is 11.3. The lowest BCUT2D eigenvalue weighted by Gasteiger charge is -2.09. The molecular formula is C13H18N2O4. The van der Waals surface area contributed by atoms with Crippen molar-refractivity contribution in [1.82, 2.24) is 10.6 Å². The van der Waals surface area contributed by atoms with Crippen LogP contribution >= 0.6 is 0 Å². The van der Waals surface area contributed by atoms with Gasteiger partial charge in [-0.1, -0.05) is 6.07 Å². The Labute approximate surface area is 111 Å². The largest absolute Gasteiger partial charge is 0.454 e. The standard InChI is InChI=1S/C13H18N2O4/c1-9(16)7-15-13(17)14-5-4-10-2-3-11-12(6-10)19-8-18-11/h2-3,6,9,16H,4-5,7-8H2,1H3,(H2,14,15,17)/t9-/m0/s1. The Morgan fingerprint density at radius 2 is 2.16 bits per heavy atom. The summed E-state index contributed by atoms with van der Waals surface area (Å²) in [6.07, 6.45) is 0.165. The fourth-order valence-corrected chi connectivity index (χ4v) is 1.72. The van der Waals surface area contributed by atoms with E-state index in [1.165, 1.54) is 0 Å². The maximum atomic E-state index is 11.3. The molecule has 0 saturated heterocycles. The summed E-state index contributed by atoms with van der Waals surface area (Å²) in [6, 6.07) is 5.45. The predicted molar refractivity (Wildman–Crippen MR) is 69.4 cm³/mol. The summed E-state index contributed by atoms with van der Waals surface area (Å²) in [5.41, 5.74) is 1.07. The van der Waals surface area contributed by atoms with Crippen molar-refractivity contribution < 1.29 is 19.4 Å². The topological polar surface area (TPSA) is 79.8 Å². The quantitative estimate of drug-likeness (QED) is 0.730. The Balaban J connectivity index is 1.72. The van der Waals surface area contributed by atoms with E-state index >= 15 is 0 Å². The van der Waals surface area contributed by atoms with Gasteiger partial charge in [-0.05, 0) is 31.0 Å². The number of urea groups is 1. The lowest BCUT2D eigenvalue weighted by Crippen LogP contribution is -2.39. The molecule has 2 amide bonds. The van der Waals surface area contributed by atoms with Gasteiger partial charge >= 0.3 is 6.03 Å². The van der Waals surface area contributed by atoms with E-state index in [0.717, 1.165) is 17.1 Å². The molecule has 6 heteroatoms. The van der Waals surface area contributed by atoms with Crippen LogP contribution < -0.4 is 20.1 Å². The van der Waals surface area contributed by atoms with E-state index in [-0.39, 0.29) is 19.4 Å². The Hall–Kier alpha value is -1.95. The average Bonchev–Trinajstić information content (AvgIpc) is 2.83. The average molecular weight is 266 g/mol. The van der Waals surface area contributed by atoms with E-state index in [2.05, 4.69) is 10.6 Å². The molecule has 0 unspecified atom stereocenters. The van der Waals surface area contributed by atoms with Gasteiger partial charge in [-0.25, -0.2) is 4.79 Å². The van der Waals surface area contributed by atoms with Crippen molar-refractivity contribution in [3.8, 4) is 11.5 Å². The fraction of sp³-hybridized carbons (Fsp3) is 0.462. The molecule has 1 aliphatic rings. The molecule has 1 aromatic carbocycles. The van der Waals surface area contributed by atoms with Crippen LogP contribution in [0.2, 0.25) is 0 Å². The molecule has 0 fully saturated rings. The van der Waals surface area contributed by atoms with Crippen molar-refractivity contribution in [2.75, 3.05) is 19.9 Å². The maximum absolute atomic E-state index is 11.3. The number of hydrogen-bond acceptors (Lipinski definition) is 4. The summed E-state index contributed by atoms with van der Waals surface area (Å²) >= 11 is 0. The van der Waals surface area contributed by atoms with Gasteiger partial charge < -0.3 is 25.2 Å². The second kappa shape index (κ2) is 6.29. The molecular weight excluding hydrogens is 248 g/mol. The number of fused-ring (bicyclic) bond motifs is 1. The lowest BCUT2D eigenvalue weighted by atomic mass is 10.1. The molecule has 6 nitrogen and oxygen atoms in total. The van der Waals surface area contributed by atoms with Crippen LogP contribution in [-0.2, 0) is 6.42 Å². The second-order valence-corrected chi connectivity index (χ2v) is 4.42. The zero-order valence-electron chi connectivity index (χ0n) is 10.8. The van der Waals surface area contributed by atoms with Crippen molar-refractivity contribution >= 4 is 6.03 Å². The normalized spacial score (nSPS) is 14.0. The van der Waals surface area contributed by atoms with Gasteiger partial charge in [-0.3, -0.25) is 0 Å². The monoisotopic (exact) mass is 266 g/mol. The van der Waals surface area contributed by atoms with Crippen molar-refractivity contribution in [2.45, 2.75) is 19.4 Å². The van der Waals surface area contributed by atoms with Gasteiger partial charge in [0.05, 0.1) is 6.10 Å². The molecule has 0 aliphatic carbocycles. The minimum absolute atomic E-state index is 0.246. The van der Waals surface area contributed by atoms with Gasteiger partial charge in [0.25, 0.3) is 0 Å². The Morgan fingerprint density at radius 1 is 1.37 bits per heavy atom. The molecule has 0 bridgehead atoms.